The molecule has 30 heavy (non-hydrogen) atoms. The van der Waals surface area contributed by atoms with Crippen molar-refractivity contribution in [3.63, 3.8) is 0 Å². The third-order valence-corrected chi connectivity index (χ3v) is 5.56. The maximum atomic E-state index is 13.2. The van der Waals surface area contributed by atoms with Crippen molar-refractivity contribution < 1.29 is 14.3 Å². The Morgan fingerprint density at radius 2 is 1.47 bits per heavy atom. The Labute approximate surface area is 176 Å². The molecule has 2 atom stereocenters. The van der Waals surface area contributed by atoms with Gasteiger partial charge in [0.1, 0.15) is 17.8 Å². The third kappa shape index (κ3) is 3.51. The number of amides is 1. The van der Waals surface area contributed by atoms with Crippen molar-refractivity contribution in [2.75, 3.05) is 19.1 Å². The van der Waals surface area contributed by atoms with Gasteiger partial charge >= 0.3 is 0 Å². The molecule has 7 nitrogen and oxygen atoms in total. The number of aromatic nitrogens is 3. The molecule has 7 heteroatoms. The van der Waals surface area contributed by atoms with Crippen LogP contribution in [-0.4, -0.2) is 34.9 Å². The van der Waals surface area contributed by atoms with Crippen molar-refractivity contribution in [2.24, 2.45) is 5.92 Å². The Morgan fingerprint density at radius 1 is 0.933 bits per heavy atom. The molecule has 4 rings (SSSR count). The number of fused-ring (bicyclic) bond motifs is 1. The third-order valence-electron chi connectivity index (χ3n) is 5.56. The van der Waals surface area contributed by atoms with Crippen molar-refractivity contribution in [3.05, 3.63) is 66.0 Å². The summed E-state index contributed by atoms with van der Waals surface area (Å²) in [6.07, 6.45) is 2.20. The second-order valence-corrected chi connectivity index (χ2v) is 7.68. The van der Waals surface area contributed by atoms with Gasteiger partial charge in [-0.3, -0.25) is 9.69 Å². The molecule has 0 fully saturated rings. The monoisotopic (exact) mass is 406 g/mol. The minimum atomic E-state index is -0.159. The van der Waals surface area contributed by atoms with E-state index >= 15 is 0 Å². The van der Waals surface area contributed by atoms with Gasteiger partial charge in [-0.1, -0.05) is 38.1 Å². The highest BCUT2D eigenvalue weighted by atomic mass is 16.5. The van der Waals surface area contributed by atoms with Crippen LogP contribution in [0, 0.1) is 5.92 Å². The molecule has 0 radical (unpaired) electrons. The quantitative estimate of drug-likeness (QED) is 0.640. The Hall–Kier alpha value is -3.35. The number of anilines is 1. The number of rotatable bonds is 5. The number of methoxy groups -OCH3 is 2. The molecule has 156 valence electrons. The zero-order valence-electron chi connectivity index (χ0n) is 17.6. The highest BCUT2D eigenvalue weighted by Gasteiger charge is 2.40. The Bertz CT molecular complexity index is 1010. The zero-order valence-corrected chi connectivity index (χ0v) is 17.6. The van der Waals surface area contributed by atoms with Crippen LogP contribution in [0.3, 0.4) is 0 Å². The van der Waals surface area contributed by atoms with Crippen LogP contribution in [0.4, 0.5) is 5.95 Å². The molecular formula is C23H26N4O3. The lowest BCUT2D eigenvalue weighted by Crippen LogP contribution is -2.44. The van der Waals surface area contributed by atoms with Crippen molar-refractivity contribution in [3.8, 4) is 11.5 Å². The summed E-state index contributed by atoms with van der Waals surface area (Å²) in [5.74, 6) is 2.02. The number of nitrogens with zero attached hydrogens (tertiary/aromatic N) is 4. The van der Waals surface area contributed by atoms with Gasteiger partial charge in [0.05, 0.1) is 26.3 Å². The van der Waals surface area contributed by atoms with Gasteiger partial charge in [-0.2, -0.15) is 10.1 Å². The van der Waals surface area contributed by atoms with Crippen LogP contribution in [0.15, 0.2) is 54.9 Å². The molecule has 1 aromatic heterocycles. The maximum absolute atomic E-state index is 13.2. The fourth-order valence-electron chi connectivity index (χ4n) is 3.94. The first-order valence-electron chi connectivity index (χ1n) is 10.0. The number of hydrogen-bond acceptors (Lipinski definition) is 5. The van der Waals surface area contributed by atoms with Gasteiger partial charge in [0.15, 0.2) is 0 Å². The normalized spacial score (nSPS) is 18.2. The molecule has 0 spiro atoms. The Kier molecular flexibility index (Phi) is 5.44. The smallest absolute Gasteiger partial charge is 0.232 e. The van der Waals surface area contributed by atoms with Crippen LogP contribution in [0.25, 0.3) is 0 Å². The van der Waals surface area contributed by atoms with E-state index in [9.17, 15) is 4.79 Å². The van der Waals surface area contributed by atoms with E-state index in [0.717, 1.165) is 22.6 Å². The van der Waals surface area contributed by atoms with E-state index in [-0.39, 0.29) is 23.9 Å². The molecule has 0 unspecified atom stereocenters. The Balaban J connectivity index is 1.80. The SMILES string of the molecule is COc1ccc([C@@H]2C[C@@H](c3ccc(OC)cc3)n3ncnc3N2C(=O)C(C)C)cc1. The molecule has 0 aliphatic carbocycles. The van der Waals surface area contributed by atoms with Gasteiger partial charge in [0.25, 0.3) is 0 Å². The predicted octanol–water partition coefficient (Wildman–Crippen LogP) is 4.02. The van der Waals surface area contributed by atoms with Crippen LogP contribution in [0.1, 0.15) is 43.5 Å². The summed E-state index contributed by atoms with van der Waals surface area (Å²) in [6.45, 7) is 3.81. The molecular weight excluding hydrogens is 380 g/mol. The molecule has 1 aliphatic rings. The molecule has 1 aliphatic heterocycles. The predicted molar refractivity (Wildman–Crippen MR) is 114 cm³/mol. The lowest BCUT2D eigenvalue weighted by Gasteiger charge is -2.40. The molecule has 2 aromatic carbocycles. The van der Waals surface area contributed by atoms with Crippen LogP contribution in [-0.2, 0) is 4.79 Å². The molecule has 0 saturated carbocycles. The average molecular weight is 406 g/mol. The summed E-state index contributed by atoms with van der Waals surface area (Å²) in [4.78, 5) is 19.5. The molecule has 3 aromatic rings. The standard InChI is InChI=1S/C23H26N4O3/c1-15(2)22(28)26-20(16-5-9-18(29-3)10-6-16)13-21(27-23(26)24-14-25-27)17-7-11-19(30-4)12-8-17/h5-12,14-15,20-21H,13H2,1-4H3/t20-,21-/m0/s1. The van der Waals surface area contributed by atoms with E-state index in [1.165, 1.54) is 6.33 Å². The first-order valence-corrected chi connectivity index (χ1v) is 10.0. The average Bonchev–Trinajstić information content (AvgIpc) is 3.27. The largest absolute Gasteiger partial charge is 0.497 e. The highest BCUT2D eigenvalue weighted by molar-refractivity contribution is 5.94. The van der Waals surface area contributed by atoms with Crippen LogP contribution in [0.5, 0.6) is 11.5 Å². The van der Waals surface area contributed by atoms with Gasteiger partial charge in [0, 0.05) is 5.92 Å². The number of carbonyl (C=O) groups excluding carboxylic acids is 1. The number of ether oxygens (including phenoxy) is 2. The van der Waals surface area contributed by atoms with Crippen LogP contribution in [0.2, 0.25) is 0 Å². The molecule has 0 bridgehead atoms. The highest BCUT2D eigenvalue weighted by Crippen LogP contribution is 2.42. The van der Waals surface area contributed by atoms with Gasteiger partial charge in [-0.05, 0) is 41.8 Å². The van der Waals surface area contributed by atoms with E-state index in [1.54, 1.807) is 19.1 Å². The number of carbonyl (C=O) groups is 1. The summed E-state index contributed by atoms with van der Waals surface area (Å²) in [7, 11) is 3.30. The van der Waals surface area contributed by atoms with Crippen molar-refractivity contribution in [1.82, 2.24) is 14.8 Å². The van der Waals surface area contributed by atoms with Crippen LogP contribution < -0.4 is 14.4 Å². The molecule has 1 amide bonds. The van der Waals surface area contributed by atoms with E-state index in [4.69, 9.17) is 9.47 Å². The second kappa shape index (κ2) is 8.18. The summed E-state index contributed by atoms with van der Waals surface area (Å²) in [5, 5.41) is 4.47. The summed E-state index contributed by atoms with van der Waals surface area (Å²) < 4.78 is 12.5. The summed E-state index contributed by atoms with van der Waals surface area (Å²) in [5.41, 5.74) is 2.13. The van der Waals surface area contributed by atoms with Gasteiger partial charge in [-0.25, -0.2) is 4.68 Å². The maximum Gasteiger partial charge on any atom is 0.232 e. The lowest BCUT2D eigenvalue weighted by molar-refractivity contribution is -0.122. The van der Waals surface area contributed by atoms with Crippen molar-refractivity contribution in [1.29, 1.82) is 0 Å². The molecule has 2 heterocycles. The van der Waals surface area contributed by atoms with E-state index < -0.39 is 0 Å². The lowest BCUT2D eigenvalue weighted by atomic mass is 9.91. The van der Waals surface area contributed by atoms with Crippen LogP contribution >= 0.6 is 0 Å². The molecule has 0 N–H and O–H groups in total. The van der Waals surface area contributed by atoms with E-state index in [0.29, 0.717) is 12.4 Å². The fraction of sp³-hybridized carbons (Fsp3) is 0.348. The molecule has 0 saturated heterocycles. The zero-order chi connectivity index (χ0) is 21.3. The van der Waals surface area contributed by atoms with Gasteiger partial charge in [-0.15, -0.1) is 0 Å². The fourth-order valence-corrected chi connectivity index (χ4v) is 3.94. The minimum absolute atomic E-state index is 0.0262. The first kappa shape index (κ1) is 19.9. The van der Waals surface area contributed by atoms with Gasteiger partial charge in [0.2, 0.25) is 11.9 Å². The minimum Gasteiger partial charge on any atom is -0.497 e. The van der Waals surface area contributed by atoms with Crippen molar-refractivity contribution >= 4 is 11.9 Å². The second-order valence-electron chi connectivity index (χ2n) is 7.68. The van der Waals surface area contributed by atoms with E-state index in [1.807, 2.05) is 67.1 Å². The first-order chi connectivity index (χ1) is 14.5. The van der Waals surface area contributed by atoms with Crippen molar-refractivity contribution in [2.45, 2.75) is 32.4 Å². The van der Waals surface area contributed by atoms with E-state index in [2.05, 4.69) is 10.1 Å². The number of benzene rings is 2. The summed E-state index contributed by atoms with van der Waals surface area (Å²) in [6, 6.07) is 15.7. The van der Waals surface area contributed by atoms with Gasteiger partial charge < -0.3 is 9.47 Å². The summed E-state index contributed by atoms with van der Waals surface area (Å²) >= 11 is 0. The number of hydrogen-bond donors (Lipinski definition) is 0. The Morgan fingerprint density at radius 3 is 1.97 bits per heavy atom. The topological polar surface area (TPSA) is 69.5 Å².